The third-order valence-electron chi connectivity index (χ3n) is 4.26. The lowest BCUT2D eigenvalue weighted by molar-refractivity contribution is -0.133. The van der Waals surface area contributed by atoms with Crippen LogP contribution >= 0.6 is 15.9 Å². The SMILES string of the molecule is CCC(=O)NC1CCCN(C(=O)CCCS(=O)c2ccc(Br)cc2)C1. The van der Waals surface area contributed by atoms with Gasteiger partial charge in [0.2, 0.25) is 11.8 Å². The molecule has 2 unspecified atom stereocenters. The minimum Gasteiger partial charge on any atom is -0.352 e. The topological polar surface area (TPSA) is 66.5 Å². The highest BCUT2D eigenvalue weighted by molar-refractivity contribution is 9.10. The number of nitrogens with one attached hydrogen (secondary N) is 1. The van der Waals surface area contributed by atoms with E-state index in [4.69, 9.17) is 0 Å². The van der Waals surface area contributed by atoms with E-state index in [1.54, 1.807) is 0 Å². The Balaban J connectivity index is 1.75. The molecule has 1 aromatic carbocycles. The number of piperidine rings is 1. The Morgan fingerprint density at radius 2 is 2.04 bits per heavy atom. The molecule has 1 aromatic rings. The third-order valence-corrected chi connectivity index (χ3v) is 6.24. The Morgan fingerprint density at radius 3 is 2.72 bits per heavy atom. The molecule has 0 aromatic heterocycles. The van der Waals surface area contributed by atoms with E-state index >= 15 is 0 Å². The molecule has 5 nitrogen and oxygen atoms in total. The van der Waals surface area contributed by atoms with Crippen LogP contribution in [0.2, 0.25) is 0 Å². The highest BCUT2D eigenvalue weighted by Crippen LogP contribution is 2.15. The maximum atomic E-state index is 12.4. The highest BCUT2D eigenvalue weighted by atomic mass is 79.9. The minimum absolute atomic E-state index is 0.0317. The second kappa shape index (κ2) is 10.1. The summed E-state index contributed by atoms with van der Waals surface area (Å²) < 4.78 is 13.2. The van der Waals surface area contributed by atoms with Crippen molar-refractivity contribution in [3.05, 3.63) is 28.7 Å². The summed E-state index contributed by atoms with van der Waals surface area (Å²) >= 11 is 3.36. The fraction of sp³-hybridized carbons (Fsp3) is 0.556. The van der Waals surface area contributed by atoms with Gasteiger partial charge in [0.15, 0.2) is 0 Å². The van der Waals surface area contributed by atoms with E-state index in [9.17, 15) is 13.8 Å². The van der Waals surface area contributed by atoms with E-state index in [2.05, 4.69) is 21.2 Å². The van der Waals surface area contributed by atoms with Crippen molar-refractivity contribution in [2.24, 2.45) is 0 Å². The molecule has 138 valence electrons. The third kappa shape index (κ3) is 6.55. The molecule has 0 radical (unpaired) electrons. The van der Waals surface area contributed by atoms with Crippen LogP contribution in [0, 0.1) is 0 Å². The number of likely N-dealkylation sites (tertiary alicyclic amines) is 1. The van der Waals surface area contributed by atoms with Gasteiger partial charge in [0.25, 0.3) is 0 Å². The molecule has 1 aliphatic heterocycles. The van der Waals surface area contributed by atoms with Gasteiger partial charge in [0, 0.05) is 47.1 Å². The molecule has 0 spiro atoms. The molecule has 1 saturated heterocycles. The minimum atomic E-state index is -1.08. The number of carbonyl (C=O) groups is 2. The summed E-state index contributed by atoms with van der Waals surface area (Å²) in [6.45, 7) is 3.15. The van der Waals surface area contributed by atoms with Crippen molar-refractivity contribution in [3.63, 3.8) is 0 Å². The second-order valence-corrected chi connectivity index (χ2v) is 8.69. The quantitative estimate of drug-likeness (QED) is 0.725. The molecule has 1 N–H and O–H groups in total. The Hall–Kier alpha value is -1.21. The smallest absolute Gasteiger partial charge is 0.222 e. The van der Waals surface area contributed by atoms with Crippen molar-refractivity contribution in [2.75, 3.05) is 18.8 Å². The van der Waals surface area contributed by atoms with Crippen molar-refractivity contribution in [1.29, 1.82) is 0 Å². The average Bonchev–Trinajstić information content (AvgIpc) is 2.62. The fourth-order valence-electron chi connectivity index (χ4n) is 2.87. The van der Waals surface area contributed by atoms with Crippen molar-refractivity contribution >= 4 is 38.5 Å². The summed E-state index contributed by atoms with van der Waals surface area (Å²) in [6.07, 6.45) is 3.29. The number of benzene rings is 1. The van der Waals surface area contributed by atoms with Crippen LogP contribution in [-0.2, 0) is 20.4 Å². The number of hydrogen-bond donors (Lipinski definition) is 1. The molecule has 1 heterocycles. The predicted molar refractivity (Wildman–Crippen MR) is 103 cm³/mol. The van der Waals surface area contributed by atoms with E-state index in [-0.39, 0.29) is 17.9 Å². The largest absolute Gasteiger partial charge is 0.352 e. The molecule has 0 saturated carbocycles. The van der Waals surface area contributed by atoms with E-state index in [1.807, 2.05) is 36.1 Å². The number of amides is 2. The number of hydrogen-bond acceptors (Lipinski definition) is 3. The lowest BCUT2D eigenvalue weighted by Gasteiger charge is -2.33. The van der Waals surface area contributed by atoms with Gasteiger partial charge in [-0.25, -0.2) is 0 Å². The monoisotopic (exact) mass is 428 g/mol. The van der Waals surface area contributed by atoms with Gasteiger partial charge >= 0.3 is 0 Å². The maximum Gasteiger partial charge on any atom is 0.222 e. The first-order chi connectivity index (χ1) is 12.0. The first-order valence-corrected chi connectivity index (χ1v) is 10.8. The van der Waals surface area contributed by atoms with E-state index in [0.29, 0.717) is 31.6 Å². The maximum absolute atomic E-state index is 12.4. The number of nitrogens with zero attached hydrogens (tertiary/aromatic N) is 1. The van der Waals surface area contributed by atoms with Crippen LogP contribution in [0.15, 0.2) is 33.6 Å². The summed E-state index contributed by atoms with van der Waals surface area (Å²) in [5, 5.41) is 2.97. The van der Waals surface area contributed by atoms with Crippen LogP contribution < -0.4 is 5.32 Å². The van der Waals surface area contributed by atoms with Crippen LogP contribution in [0.1, 0.15) is 39.0 Å². The molecular weight excluding hydrogens is 404 g/mol. The number of halogens is 1. The molecule has 1 aliphatic rings. The highest BCUT2D eigenvalue weighted by Gasteiger charge is 2.24. The van der Waals surface area contributed by atoms with Gasteiger partial charge in [-0.15, -0.1) is 0 Å². The summed E-state index contributed by atoms with van der Waals surface area (Å²) in [5.41, 5.74) is 0. The standard InChI is InChI=1S/C18H25BrN2O3S/c1-2-17(22)20-15-5-3-11-21(13-15)18(23)6-4-12-25(24)16-9-7-14(19)8-10-16/h7-10,15H,2-6,11-13H2,1H3,(H,20,22). The van der Waals surface area contributed by atoms with Gasteiger partial charge in [-0.1, -0.05) is 22.9 Å². The van der Waals surface area contributed by atoms with Crippen LogP contribution in [0.4, 0.5) is 0 Å². The molecule has 2 amide bonds. The summed E-state index contributed by atoms with van der Waals surface area (Å²) in [6, 6.07) is 7.48. The molecule has 0 bridgehead atoms. The van der Waals surface area contributed by atoms with Gasteiger partial charge in [-0.2, -0.15) is 0 Å². The zero-order valence-corrected chi connectivity index (χ0v) is 16.9. The zero-order chi connectivity index (χ0) is 18.2. The Labute approximate surface area is 160 Å². The average molecular weight is 429 g/mol. The van der Waals surface area contributed by atoms with Gasteiger partial charge in [0.05, 0.1) is 10.8 Å². The van der Waals surface area contributed by atoms with Crippen molar-refractivity contribution in [2.45, 2.75) is 50.0 Å². The van der Waals surface area contributed by atoms with Crippen molar-refractivity contribution in [1.82, 2.24) is 10.2 Å². The van der Waals surface area contributed by atoms with Crippen LogP contribution in [-0.4, -0.2) is 45.8 Å². The number of rotatable bonds is 7. The van der Waals surface area contributed by atoms with Gasteiger partial charge < -0.3 is 10.2 Å². The predicted octanol–water partition coefficient (Wildman–Crippen LogP) is 2.85. The molecule has 2 rings (SSSR count). The molecule has 1 fully saturated rings. The van der Waals surface area contributed by atoms with Gasteiger partial charge in [0.1, 0.15) is 0 Å². The van der Waals surface area contributed by atoms with Gasteiger partial charge in [-0.05, 0) is 43.5 Å². The van der Waals surface area contributed by atoms with Crippen LogP contribution in [0.3, 0.4) is 0 Å². The van der Waals surface area contributed by atoms with Crippen molar-refractivity contribution in [3.8, 4) is 0 Å². The lowest BCUT2D eigenvalue weighted by atomic mass is 10.0. The molecule has 0 aliphatic carbocycles. The molecule has 2 atom stereocenters. The first kappa shape index (κ1) is 20.1. The Bertz CT molecular complexity index is 621. The summed E-state index contributed by atoms with van der Waals surface area (Å²) in [5.74, 6) is 0.601. The Morgan fingerprint density at radius 1 is 1.32 bits per heavy atom. The lowest BCUT2D eigenvalue weighted by Crippen LogP contribution is -2.49. The molecular formula is C18H25BrN2O3S. The van der Waals surface area contributed by atoms with E-state index < -0.39 is 10.8 Å². The van der Waals surface area contributed by atoms with Crippen LogP contribution in [0.25, 0.3) is 0 Å². The van der Waals surface area contributed by atoms with Crippen LogP contribution in [0.5, 0.6) is 0 Å². The zero-order valence-electron chi connectivity index (χ0n) is 14.5. The normalized spacial score (nSPS) is 18.6. The summed E-state index contributed by atoms with van der Waals surface area (Å²) in [4.78, 5) is 26.5. The van der Waals surface area contributed by atoms with E-state index in [1.165, 1.54) is 0 Å². The first-order valence-electron chi connectivity index (χ1n) is 8.70. The summed E-state index contributed by atoms with van der Waals surface area (Å²) in [7, 11) is -1.08. The second-order valence-electron chi connectivity index (χ2n) is 6.21. The fourth-order valence-corrected chi connectivity index (χ4v) is 4.21. The molecule has 25 heavy (non-hydrogen) atoms. The van der Waals surface area contributed by atoms with Crippen molar-refractivity contribution < 1.29 is 13.8 Å². The Kier molecular flexibility index (Phi) is 8.09. The van der Waals surface area contributed by atoms with E-state index in [0.717, 1.165) is 28.8 Å². The molecule has 7 heteroatoms. The van der Waals surface area contributed by atoms with Gasteiger partial charge in [-0.3, -0.25) is 13.8 Å². The number of carbonyl (C=O) groups excluding carboxylic acids is 2.